The SMILES string of the molecule is COC(=O)C1CC(N=NN)[C@@H](OCC(F)F)C1. The average molecular weight is 251 g/mol. The number of rotatable bonds is 5. The lowest BCUT2D eigenvalue weighted by atomic mass is 10.1. The van der Waals surface area contributed by atoms with Crippen molar-refractivity contribution in [1.82, 2.24) is 0 Å². The molecular formula is C9H15F2N3O3. The number of nitrogens with zero attached hydrogens (tertiary/aromatic N) is 2. The maximum absolute atomic E-state index is 12.0. The third-order valence-electron chi connectivity index (χ3n) is 2.66. The molecule has 1 fully saturated rings. The van der Waals surface area contributed by atoms with Gasteiger partial charge in [-0.3, -0.25) is 4.79 Å². The Hall–Kier alpha value is -1.31. The summed E-state index contributed by atoms with van der Waals surface area (Å²) in [5.74, 6) is 4.12. The van der Waals surface area contributed by atoms with Crippen LogP contribution in [-0.2, 0) is 14.3 Å². The fourth-order valence-corrected chi connectivity index (χ4v) is 1.92. The predicted octanol–water partition coefficient (Wildman–Crippen LogP) is 0.914. The number of methoxy groups -OCH3 is 1. The second kappa shape index (κ2) is 6.43. The van der Waals surface area contributed by atoms with E-state index in [2.05, 4.69) is 15.1 Å². The van der Waals surface area contributed by atoms with Crippen LogP contribution >= 0.6 is 0 Å². The molecule has 1 aliphatic carbocycles. The first-order valence-electron chi connectivity index (χ1n) is 5.16. The summed E-state index contributed by atoms with van der Waals surface area (Å²) in [6.07, 6.45) is -2.48. The highest BCUT2D eigenvalue weighted by atomic mass is 19.3. The summed E-state index contributed by atoms with van der Waals surface area (Å²) in [5.41, 5.74) is 0. The Morgan fingerprint density at radius 3 is 2.76 bits per heavy atom. The number of carbonyl (C=O) groups is 1. The first kappa shape index (κ1) is 13.8. The van der Waals surface area contributed by atoms with Gasteiger partial charge in [0.25, 0.3) is 6.43 Å². The zero-order valence-corrected chi connectivity index (χ0v) is 9.38. The molecule has 8 heteroatoms. The molecule has 1 rings (SSSR count). The lowest BCUT2D eigenvalue weighted by Gasteiger charge is -2.14. The minimum absolute atomic E-state index is 0.295. The normalized spacial score (nSPS) is 29.1. The number of alkyl halides is 2. The van der Waals surface area contributed by atoms with Crippen molar-refractivity contribution in [3.05, 3.63) is 0 Å². The van der Waals surface area contributed by atoms with E-state index in [1.54, 1.807) is 0 Å². The van der Waals surface area contributed by atoms with Crippen LogP contribution in [0.5, 0.6) is 0 Å². The highest BCUT2D eigenvalue weighted by molar-refractivity contribution is 5.72. The quantitative estimate of drug-likeness (QED) is 0.340. The number of nitrogens with two attached hydrogens (primary N) is 1. The second-order valence-electron chi connectivity index (χ2n) is 3.75. The topological polar surface area (TPSA) is 86.3 Å². The largest absolute Gasteiger partial charge is 0.469 e. The van der Waals surface area contributed by atoms with E-state index in [0.717, 1.165) is 0 Å². The van der Waals surface area contributed by atoms with Crippen molar-refractivity contribution in [2.24, 2.45) is 22.1 Å². The molecule has 0 aromatic heterocycles. The molecule has 17 heavy (non-hydrogen) atoms. The van der Waals surface area contributed by atoms with Crippen LogP contribution < -0.4 is 5.84 Å². The summed E-state index contributed by atoms with van der Waals surface area (Å²) < 4.78 is 33.6. The highest BCUT2D eigenvalue weighted by Gasteiger charge is 2.39. The number of hydrogen-bond donors (Lipinski definition) is 1. The molecule has 98 valence electrons. The van der Waals surface area contributed by atoms with Crippen LogP contribution in [0.1, 0.15) is 12.8 Å². The van der Waals surface area contributed by atoms with Gasteiger partial charge < -0.3 is 15.3 Å². The first-order chi connectivity index (χ1) is 8.08. The van der Waals surface area contributed by atoms with Crippen molar-refractivity contribution in [1.29, 1.82) is 0 Å². The van der Waals surface area contributed by atoms with Crippen molar-refractivity contribution in [3.63, 3.8) is 0 Å². The Balaban J connectivity index is 2.57. The predicted molar refractivity (Wildman–Crippen MR) is 53.3 cm³/mol. The van der Waals surface area contributed by atoms with Gasteiger partial charge in [-0.2, -0.15) is 5.11 Å². The third kappa shape index (κ3) is 3.88. The van der Waals surface area contributed by atoms with Gasteiger partial charge in [0.2, 0.25) is 0 Å². The van der Waals surface area contributed by atoms with Gasteiger partial charge in [-0.15, -0.1) is 0 Å². The zero-order valence-electron chi connectivity index (χ0n) is 9.38. The van der Waals surface area contributed by atoms with Crippen LogP contribution in [0.4, 0.5) is 8.78 Å². The molecule has 6 nitrogen and oxygen atoms in total. The molecule has 2 unspecified atom stereocenters. The maximum atomic E-state index is 12.0. The van der Waals surface area contributed by atoms with Gasteiger partial charge in [-0.05, 0) is 12.8 Å². The number of ether oxygens (including phenoxy) is 2. The van der Waals surface area contributed by atoms with E-state index in [-0.39, 0.29) is 0 Å². The lowest BCUT2D eigenvalue weighted by molar-refractivity contribution is -0.145. The molecule has 0 aromatic carbocycles. The molecule has 0 spiro atoms. The van der Waals surface area contributed by atoms with E-state index >= 15 is 0 Å². The van der Waals surface area contributed by atoms with Gasteiger partial charge >= 0.3 is 5.97 Å². The van der Waals surface area contributed by atoms with Crippen LogP contribution in [0, 0.1) is 5.92 Å². The molecule has 0 aliphatic heterocycles. The molecule has 2 N–H and O–H groups in total. The molecular weight excluding hydrogens is 236 g/mol. The molecule has 0 bridgehead atoms. The van der Waals surface area contributed by atoms with Crippen molar-refractivity contribution in [3.8, 4) is 0 Å². The number of hydrogen-bond acceptors (Lipinski definition) is 5. The fraction of sp³-hybridized carbons (Fsp3) is 0.889. The lowest BCUT2D eigenvalue weighted by Crippen LogP contribution is -2.24. The van der Waals surface area contributed by atoms with Crippen LogP contribution in [-0.4, -0.2) is 38.3 Å². The summed E-state index contributed by atoms with van der Waals surface area (Å²) in [6, 6.07) is -0.470. The molecule has 1 saturated carbocycles. The van der Waals surface area contributed by atoms with E-state index < -0.39 is 37.1 Å². The van der Waals surface area contributed by atoms with E-state index in [1.165, 1.54) is 7.11 Å². The number of carbonyl (C=O) groups excluding carboxylic acids is 1. The molecule has 3 atom stereocenters. The van der Waals surface area contributed by atoms with Crippen LogP contribution in [0.2, 0.25) is 0 Å². The van der Waals surface area contributed by atoms with Crippen LogP contribution in [0.25, 0.3) is 0 Å². The molecule has 0 saturated heterocycles. The Bertz CT molecular complexity index is 289. The Morgan fingerprint density at radius 1 is 1.53 bits per heavy atom. The van der Waals surface area contributed by atoms with Gasteiger partial charge in [0.15, 0.2) is 0 Å². The van der Waals surface area contributed by atoms with Gasteiger partial charge in [0.1, 0.15) is 6.61 Å². The first-order valence-corrected chi connectivity index (χ1v) is 5.16. The molecule has 0 amide bonds. The van der Waals surface area contributed by atoms with Gasteiger partial charge in [0, 0.05) is 0 Å². The maximum Gasteiger partial charge on any atom is 0.308 e. The Morgan fingerprint density at radius 2 is 2.24 bits per heavy atom. The monoisotopic (exact) mass is 251 g/mol. The van der Waals surface area contributed by atoms with Gasteiger partial charge in [0.05, 0.1) is 25.2 Å². The highest BCUT2D eigenvalue weighted by Crippen LogP contribution is 2.31. The molecule has 0 radical (unpaired) electrons. The van der Waals surface area contributed by atoms with E-state index in [0.29, 0.717) is 12.8 Å². The minimum Gasteiger partial charge on any atom is -0.469 e. The fourth-order valence-electron chi connectivity index (χ4n) is 1.92. The Labute approximate surface area is 97.1 Å². The number of esters is 1. The third-order valence-corrected chi connectivity index (χ3v) is 2.66. The van der Waals surface area contributed by atoms with Crippen LogP contribution in [0.15, 0.2) is 10.3 Å². The molecule has 1 aliphatic rings. The van der Waals surface area contributed by atoms with Gasteiger partial charge in [-0.1, -0.05) is 5.22 Å². The number of halogens is 2. The van der Waals surface area contributed by atoms with Crippen molar-refractivity contribution >= 4 is 5.97 Å². The summed E-state index contributed by atoms with van der Waals surface area (Å²) in [4.78, 5) is 11.3. The van der Waals surface area contributed by atoms with Crippen molar-refractivity contribution in [2.75, 3.05) is 13.7 Å². The average Bonchev–Trinajstić information content (AvgIpc) is 2.69. The minimum atomic E-state index is -2.55. The van der Waals surface area contributed by atoms with E-state index in [4.69, 9.17) is 10.6 Å². The molecule has 0 aromatic rings. The van der Waals surface area contributed by atoms with Crippen LogP contribution in [0.3, 0.4) is 0 Å². The zero-order chi connectivity index (χ0) is 12.8. The van der Waals surface area contributed by atoms with Crippen molar-refractivity contribution in [2.45, 2.75) is 31.4 Å². The smallest absolute Gasteiger partial charge is 0.308 e. The standard InChI is InChI=1S/C9H15F2N3O3/c1-16-9(15)5-2-6(13-14-12)7(3-5)17-4-8(10)11/h5-8H,2-4H2,1H3,(H2,12,13)/t5?,6?,7-/m0/s1. The van der Waals surface area contributed by atoms with E-state index in [1.807, 2.05) is 0 Å². The van der Waals surface area contributed by atoms with Crippen molar-refractivity contribution < 1.29 is 23.0 Å². The second-order valence-corrected chi connectivity index (χ2v) is 3.75. The Kier molecular flexibility index (Phi) is 5.20. The summed E-state index contributed by atoms with van der Waals surface area (Å²) in [5, 5.41) is 6.80. The summed E-state index contributed by atoms with van der Waals surface area (Å²) in [6.45, 7) is -0.685. The van der Waals surface area contributed by atoms with E-state index in [9.17, 15) is 13.6 Å². The molecule has 0 heterocycles. The summed E-state index contributed by atoms with van der Waals surface area (Å²) in [7, 11) is 1.27. The van der Waals surface area contributed by atoms with Gasteiger partial charge in [-0.25, -0.2) is 8.78 Å². The summed E-state index contributed by atoms with van der Waals surface area (Å²) >= 11 is 0.